The van der Waals surface area contributed by atoms with Crippen molar-refractivity contribution in [3.05, 3.63) is 94.5 Å². The maximum Gasteiger partial charge on any atom is 0.347 e. The van der Waals surface area contributed by atoms with Gasteiger partial charge in [-0.15, -0.1) is 0 Å². The Morgan fingerprint density at radius 3 is 2.13 bits per heavy atom. The predicted octanol–water partition coefficient (Wildman–Crippen LogP) is 5.20. The number of aromatic carboxylic acids is 1. The minimum Gasteiger partial charge on any atom is -0.507 e. The van der Waals surface area contributed by atoms with Crippen LogP contribution in [0.25, 0.3) is 0 Å². The highest BCUT2D eigenvalue weighted by Crippen LogP contribution is 2.35. The Hall–Kier alpha value is -3.60. The summed E-state index contributed by atoms with van der Waals surface area (Å²) in [6.07, 6.45) is 0.451. The summed E-state index contributed by atoms with van der Waals surface area (Å²) in [7, 11) is 0. The smallest absolute Gasteiger partial charge is 0.347 e. The van der Waals surface area contributed by atoms with E-state index in [9.17, 15) is 19.8 Å². The molecule has 0 saturated heterocycles. The summed E-state index contributed by atoms with van der Waals surface area (Å²) in [6, 6.07) is 19.2. The molecule has 0 saturated carbocycles. The second kappa shape index (κ2) is 8.41. The molecule has 3 aromatic rings. The number of phenolic OH excluding ortho intramolecular Hbond substituents is 1. The van der Waals surface area contributed by atoms with Gasteiger partial charge in [0.25, 0.3) is 0 Å². The number of carbonyl (C=O) groups excluding carboxylic acids is 1. The molecule has 0 spiro atoms. The van der Waals surface area contributed by atoms with E-state index in [-0.39, 0.29) is 22.6 Å². The van der Waals surface area contributed by atoms with E-state index >= 15 is 0 Å². The summed E-state index contributed by atoms with van der Waals surface area (Å²) in [6.45, 7) is 5.72. The van der Waals surface area contributed by atoms with Crippen molar-refractivity contribution in [2.45, 2.75) is 32.6 Å². The minimum absolute atomic E-state index is 0.00429. The van der Waals surface area contributed by atoms with E-state index in [0.717, 1.165) is 5.56 Å². The first-order chi connectivity index (χ1) is 14.2. The molecule has 5 nitrogen and oxygen atoms in total. The van der Waals surface area contributed by atoms with Crippen molar-refractivity contribution >= 4 is 11.9 Å². The Kier molecular flexibility index (Phi) is 5.92. The van der Waals surface area contributed by atoms with Gasteiger partial charge in [0, 0.05) is 12.0 Å². The highest BCUT2D eigenvalue weighted by molar-refractivity contribution is 5.97. The average molecular weight is 404 g/mol. The normalized spacial score (nSPS) is 11.2. The maximum atomic E-state index is 12.9. The van der Waals surface area contributed by atoms with Gasteiger partial charge in [0.2, 0.25) is 0 Å². The predicted molar refractivity (Wildman–Crippen MR) is 114 cm³/mol. The monoisotopic (exact) mass is 404 g/mol. The largest absolute Gasteiger partial charge is 0.507 e. The number of phenols is 1. The van der Waals surface area contributed by atoms with E-state index in [1.807, 2.05) is 51.1 Å². The van der Waals surface area contributed by atoms with E-state index in [1.54, 1.807) is 24.3 Å². The highest BCUT2D eigenvalue weighted by Gasteiger charge is 2.27. The number of carboxylic acids is 1. The van der Waals surface area contributed by atoms with Gasteiger partial charge in [-0.1, -0.05) is 75.4 Å². The van der Waals surface area contributed by atoms with Crippen LogP contribution in [-0.2, 0) is 11.8 Å². The Morgan fingerprint density at radius 2 is 1.50 bits per heavy atom. The molecule has 0 heterocycles. The lowest BCUT2D eigenvalue weighted by Gasteiger charge is -2.23. The second-order valence-electron chi connectivity index (χ2n) is 8.10. The quantitative estimate of drug-likeness (QED) is 0.451. The summed E-state index contributed by atoms with van der Waals surface area (Å²) in [5.74, 6) is -2.17. The topological polar surface area (TPSA) is 83.8 Å². The third-order valence-electron chi connectivity index (χ3n) is 4.83. The number of esters is 1. The molecule has 3 aromatic carbocycles. The van der Waals surface area contributed by atoms with Crippen molar-refractivity contribution in [1.29, 1.82) is 0 Å². The Morgan fingerprint density at radius 1 is 0.867 bits per heavy atom. The molecule has 30 heavy (non-hydrogen) atoms. The lowest BCUT2D eigenvalue weighted by molar-refractivity contribution is 0.0679. The Labute approximate surface area is 175 Å². The molecule has 0 bridgehead atoms. The van der Waals surface area contributed by atoms with Crippen LogP contribution in [0.4, 0.5) is 0 Å². The van der Waals surface area contributed by atoms with Crippen molar-refractivity contribution in [1.82, 2.24) is 0 Å². The number of aromatic hydroxyl groups is 1. The van der Waals surface area contributed by atoms with Crippen LogP contribution in [-0.4, -0.2) is 22.2 Å². The van der Waals surface area contributed by atoms with Crippen LogP contribution in [0, 0.1) is 0 Å². The molecule has 0 fully saturated rings. The second-order valence-corrected chi connectivity index (χ2v) is 8.10. The van der Waals surface area contributed by atoms with Crippen molar-refractivity contribution in [2.24, 2.45) is 0 Å². The van der Waals surface area contributed by atoms with Gasteiger partial charge in [-0.2, -0.15) is 0 Å². The van der Waals surface area contributed by atoms with Gasteiger partial charge in [-0.05, 0) is 28.7 Å². The number of carbonyl (C=O) groups is 2. The highest BCUT2D eigenvalue weighted by atomic mass is 16.5. The zero-order valence-corrected chi connectivity index (χ0v) is 17.2. The summed E-state index contributed by atoms with van der Waals surface area (Å²) in [5.41, 5.74) is 1.61. The zero-order valence-electron chi connectivity index (χ0n) is 17.2. The lowest BCUT2D eigenvalue weighted by Crippen LogP contribution is -2.19. The molecular formula is C25H24O5. The van der Waals surface area contributed by atoms with Gasteiger partial charge < -0.3 is 14.9 Å². The molecule has 0 atom stereocenters. The van der Waals surface area contributed by atoms with Crippen molar-refractivity contribution in [3.8, 4) is 11.5 Å². The van der Waals surface area contributed by atoms with E-state index < -0.39 is 17.4 Å². The lowest BCUT2D eigenvalue weighted by atomic mass is 9.85. The number of carboxylic acid groups (broad SMARTS) is 1. The maximum absolute atomic E-state index is 12.9. The van der Waals surface area contributed by atoms with Gasteiger partial charge in [-0.3, -0.25) is 0 Å². The number of rotatable bonds is 5. The van der Waals surface area contributed by atoms with Crippen LogP contribution >= 0.6 is 0 Å². The summed E-state index contributed by atoms with van der Waals surface area (Å²) < 4.78 is 5.56. The molecular weight excluding hydrogens is 380 g/mol. The average Bonchev–Trinajstić information content (AvgIpc) is 2.69. The molecule has 0 aromatic heterocycles. The van der Waals surface area contributed by atoms with Gasteiger partial charge in [0.05, 0.1) is 0 Å². The van der Waals surface area contributed by atoms with Gasteiger partial charge in [-0.25, -0.2) is 9.59 Å². The van der Waals surface area contributed by atoms with Gasteiger partial charge >= 0.3 is 11.9 Å². The number of benzene rings is 3. The number of para-hydroxylation sites is 2. The van der Waals surface area contributed by atoms with Gasteiger partial charge in [0.15, 0.2) is 0 Å². The molecule has 0 aliphatic carbocycles. The van der Waals surface area contributed by atoms with Crippen LogP contribution in [0.2, 0.25) is 0 Å². The van der Waals surface area contributed by atoms with E-state index in [4.69, 9.17) is 4.74 Å². The standard InChI is InChI=1S/C25H24O5/c1-25(2,3)20-14-8-13-19(23(27)28)22(20)30-24(29)18-12-7-11-17(21(18)26)15-16-9-5-4-6-10-16/h4-14,26H,15H2,1-3H3,(H,27,28). The van der Waals surface area contributed by atoms with Crippen LogP contribution in [0.15, 0.2) is 66.7 Å². The van der Waals surface area contributed by atoms with E-state index in [1.165, 1.54) is 12.1 Å². The minimum atomic E-state index is -1.19. The van der Waals surface area contributed by atoms with Crippen molar-refractivity contribution < 1.29 is 24.5 Å². The van der Waals surface area contributed by atoms with Crippen LogP contribution < -0.4 is 4.74 Å². The van der Waals surface area contributed by atoms with Gasteiger partial charge in [0.1, 0.15) is 22.6 Å². The van der Waals surface area contributed by atoms with Crippen LogP contribution in [0.3, 0.4) is 0 Å². The molecule has 3 rings (SSSR count). The molecule has 0 aliphatic heterocycles. The SMILES string of the molecule is CC(C)(C)c1cccc(C(=O)O)c1OC(=O)c1cccc(Cc2ccccc2)c1O. The fraction of sp³-hybridized carbons (Fsp3) is 0.200. The molecule has 0 aliphatic rings. The number of hydrogen-bond donors (Lipinski definition) is 2. The van der Waals surface area contributed by atoms with Crippen LogP contribution in [0.5, 0.6) is 11.5 Å². The molecule has 2 N–H and O–H groups in total. The fourth-order valence-corrected chi connectivity index (χ4v) is 3.27. The third-order valence-corrected chi connectivity index (χ3v) is 4.83. The fourth-order valence-electron chi connectivity index (χ4n) is 3.27. The first-order valence-corrected chi connectivity index (χ1v) is 9.62. The van der Waals surface area contributed by atoms with Crippen LogP contribution in [0.1, 0.15) is 58.2 Å². The summed E-state index contributed by atoms with van der Waals surface area (Å²) >= 11 is 0. The number of hydrogen-bond acceptors (Lipinski definition) is 4. The first kappa shape index (κ1) is 21.1. The molecule has 5 heteroatoms. The summed E-state index contributed by atoms with van der Waals surface area (Å²) in [5, 5.41) is 20.3. The number of ether oxygens (including phenoxy) is 1. The summed E-state index contributed by atoms with van der Waals surface area (Å²) in [4.78, 5) is 24.6. The molecule has 154 valence electrons. The zero-order chi connectivity index (χ0) is 21.9. The van der Waals surface area contributed by atoms with Crippen molar-refractivity contribution in [3.63, 3.8) is 0 Å². The van der Waals surface area contributed by atoms with E-state index in [0.29, 0.717) is 17.5 Å². The Bertz CT molecular complexity index is 1080. The molecule has 0 unspecified atom stereocenters. The van der Waals surface area contributed by atoms with E-state index in [2.05, 4.69) is 0 Å². The first-order valence-electron chi connectivity index (χ1n) is 9.62. The Balaban J connectivity index is 1.98. The molecule has 0 amide bonds. The third kappa shape index (κ3) is 4.51. The van der Waals surface area contributed by atoms with Crippen molar-refractivity contribution in [2.75, 3.05) is 0 Å². The molecule has 0 radical (unpaired) electrons.